The fourth-order valence-electron chi connectivity index (χ4n) is 5.14. The molecule has 132 valence electrons. The van der Waals surface area contributed by atoms with E-state index in [1.54, 1.807) is 0 Å². The fourth-order valence-corrected chi connectivity index (χ4v) is 5.14. The van der Waals surface area contributed by atoms with Gasteiger partial charge in [-0.15, -0.1) is 0 Å². The van der Waals surface area contributed by atoms with Crippen molar-refractivity contribution >= 4 is 0 Å². The van der Waals surface area contributed by atoms with Crippen molar-refractivity contribution in [2.24, 2.45) is 0 Å². The molecule has 3 saturated heterocycles. The summed E-state index contributed by atoms with van der Waals surface area (Å²) in [5, 5.41) is 0. The summed E-state index contributed by atoms with van der Waals surface area (Å²) >= 11 is 0. The van der Waals surface area contributed by atoms with E-state index < -0.39 is 0 Å². The van der Waals surface area contributed by atoms with Crippen LogP contribution in [0.2, 0.25) is 0 Å². The zero-order valence-corrected chi connectivity index (χ0v) is 15.4. The SMILES string of the molecule is C[N+]12CCCN(CC[N+]3(Cc4ccccc4)CCCN(CC1)C3)C2. The molecule has 0 radical (unpaired) electrons. The van der Waals surface area contributed by atoms with Crippen LogP contribution in [-0.2, 0) is 6.54 Å². The molecular weight excluding hydrogens is 296 g/mol. The summed E-state index contributed by atoms with van der Waals surface area (Å²) in [5.41, 5.74) is 1.51. The lowest BCUT2D eigenvalue weighted by molar-refractivity contribution is -0.961. The average Bonchev–Trinajstić information content (AvgIpc) is 2.59. The lowest BCUT2D eigenvalue weighted by Gasteiger charge is -2.50. The first-order valence-corrected chi connectivity index (χ1v) is 9.82. The van der Waals surface area contributed by atoms with Crippen molar-refractivity contribution in [1.82, 2.24) is 9.80 Å². The van der Waals surface area contributed by atoms with Crippen molar-refractivity contribution in [1.29, 1.82) is 0 Å². The van der Waals surface area contributed by atoms with Crippen molar-refractivity contribution < 1.29 is 8.97 Å². The minimum absolute atomic E-state index is 1.21. The van der Waals surface area contributed by atoms with Crippen molar-refractivity contribution in [2.75, 3.05) is 72.7 Å². The van der Waals surface area contributed by atoms with Gasteiger partial charge in [0.05, 0.1) is 46.3 Å². The average molecular weight is 331 g/mol. The Morgan fingerprint density at radius 3 is 2.33 bits per heavy atom. The highest BCUT2D eigenvalue weighted by Crippen LogP contribution is 2.24. The van der Waals surface area contributed by atoms with Gasteiger partial charge in [0.1, 0.15) is 19.9 Å². The predicted octanol–water partition coefficient (Wildman–Crippen LogP) is 1.79. The molecule has 4 heteroatoms. The Bertz CT molecular complexity index is 548. The van der Waals surface area contributed by atoms with E-state index in [2.05, 4.69) is 47.2 Å². The Morgan fingerprint density at radius 1 is 0.792 bits per heavy atom. The van der Waals surface area contributed by atoms with Crippen LogP contribution in [0, 0.1) is 0 Å². The lowest BCUT2D eigenvalue weighted by Crippen LogP contribution is -2.66. The van der Waals surface area contributed by atoms with Crippen LogP contribution < -0.4 is 0 Å². The number of nitrogens with zero attached hydrogens (tertiary/aromatic N) is 4. The van der Waals surface area contributed by atoms with E-state index >= 15 is 0 Å². The largest absolute Gasteiger partial charge is 0.312 e. The Balaban J connectivity index is 1.55. The van der Waals surface area contributed by atoms with E-state index in [4.69, 9.17) is 0 Å². The van der Waals surface area contributed by atoms with Crippen molar-refractivity contribution in [3.8, 4) is 0 Å². The quantitative estimate of drug-likeness (QED) is 0.763. The maximum absolute atomic E-state index is 2.76. The monoisotopic (exact) mass is 330 g/mol. The fraction of sp³-hybridized carbons (Fsp3) is 0.700. The Hall–Kier alpha value is -0.940. The number of likely N-dealkylation sites (N-methyl/N-ethyl adjacent to an activating group) is 1. The molecule has 0 aromatic heterocycles. The van der Waals surface area contributed by atoms with Gasteiger partial charge in [-0.2, -0.15) is 0 Å². The minimum Gasteiger partial charge on any atom is -0.312 e. The van der Waals surface area contributed by atoms with Gasteiger partial charge in [0.15, 0.2) is 0 Å². The highest BCUT2D eigenvalue weighted by Gasteiger charge is 2.38. The van der Waals surface area contributed by atoms with Gasteiger partial charge in [-0.25, -0.2) is 0 Å². The minimum atomic E-state index is 1.21. The van der Waals surface area contributed by atoms with Gasteiger partial charge < -0.3 is 8.97 Å². The number of benzene rings is 1. The smallest absolute Gasteiger partial charge is 0.135 e. The van der Waals surface area contributed by atoms with Crippen LogP contribution in [0.1, 0.15) is 18.4 Å². The van der Waals surface area contributed by atoms with Crippen LogP contribution in [0.4, 0.5) is 0 Å². The maximum atomic E-state index is 2.76. The van der Waals surface area contributed by atoms with Crippen molar-refractivity contribution in [3.05, 3.63) is 35.9 Å². The van der Waals surface area contributed by atoms with Gasteiger partial charge in [0.2, 0.25) is 0 Å². The molecule has 4 unspecified atom stereocenters. The highest BCUT2D eigenvalue weighted by molar-refractivity contribution is 5.13. The summed E-state index contributed by atoms with van der Waals surface area (Å²) in [7, 11) is 2.48. The van der Waals surface area contributed by atoms with Crippen LogP contribution in [-0.4, -0.2) is 91.5 Å². The van der Waals surface area contributed by atoms with E-state index in [-0.39, 0.29) is 0 Å². The second kappa shape index (κ2) is 6.75. The van der Waals surface area contributed by atoms with Crippen LogP contribution >= 0.6 is 0 Å². The molecule has 4 nitrogen and oxygen atoms in total. The van der Waals surface area contributed by atoms with Crippen LogP contribution in [0.25, 0.3) is 0 Å². The molecule has 4 bridgehead atoms. The molecule has 0 saturated carbocycles. The first kappa shape index (κ1) is 16.5. The lowest BCUT2D eigenvalue weighted by atomic mass is 10.1. The van der Waals surface area contributed by atoms with E-state index in [9.17, 15) is 0 Å². The summed E-state index contributed by atoms with van der Waals surface area (Å²) in [6.07, 6.45) is 2.73. The molecule has 3 heterocycles. The third kappa shape index (κ3) is 3.67. The van der Waals surface area contributed by atoms with Crippen molar-refractivity contribution in [3.63, 3.8) is 0 Å². The summed E-state index contributed by atoms with van der Waals surface area (Å²) in [6, 6.07) is 11.2. The molecular formula is C20H34N4+2. The standard InChI is InChI=1S/C20H34N4/c1-23-13-5-9-21(18-23)12-16-24(17-20-7-3-2-4-8-20)14-6-10-22(19-24)11-15-23/h2-4,7-8H,5-6,9-19H2,1H3/q+2. The second-order valence-electron chi connectivity index (χ2n) is 8.73. The van der Waals surface area contributed by atoms with Gasteiger partial charge in [-0.3, -0.25) is 9.80 Å². The summed E-state index contributed by atoms with van der Waals surface area (Å²) in [4.78, 5) is 5.51. The molecule has 4 atom stereocenters. The van der Waals surface area contributed by atoms with Gasteiger partial charge in [0.25, 0.3) is 0 Å². The molecule has 3 aliphatic heterocycles. The molecule has 24 heavy (non-hydrogen) atoms. The third-order valence-corrected chi connectivity index (χ3v) is 6.53. The molecule has 3 fully saturated rings. The first-order valence-electron chi connectivity index (χ1n) is 9.82. The van der Waals surface area contributed by atoms with Crippen LogP contribution in [0.5, 0.6) is 0 Å². The zero-order valence-electron chi connectivity index (χ0n) is 15.4. The molecule has 1 aromatic carbocycles. The summed E-state index contributed by atoms with van der Waals surface area (Å²) in [5.74, 6) is 0. The van der Waals surface area contributed by atoms with Crippen LogP contribution in [0.3, 0.4) is 0 Å². The number of hydrogen-bond donors (Lipinski definition) is 0. The normalized spacial score (nSPS) is 40.0. The first-order chi connectivity index (χ1) is 11.6. The van der Waals surface area contributed by atoms with E-state index in [0.29, 0.717) is 0 Å². The number of fused-ring (bicyclic) bond motifs is 4. The molecule has 0 N–H and O–H groups in total. The Kier molecular flexibility index (Phi) is 4.65. The highest BCUT2D eigenvalue weighted by atomic mass is 15.5. The number of quaternary nitrogens is 2. The molecule has 3 aliphatic rings. The molecule has 0 aliphatic carbocycles. The second-order valence-corrected chi connectivity index (χ2v) is 8.73. The topological polar surface area (TPSA) is 6.48 Å². The van der Waals surface area contributed by atoms with E-state index in [1.165, 1.54) is 99.6 Å². The van der Waals surface area contributed by atoms with E-state index in [0.717, 1.165) is 0 Å². The number of rotatable bonds is 2. The molecule has 4 rings (SSSR count). The predicted molar refractivity (Wildman–Crippen MR) is 98.2 cm³/mol. The van der Waals surface area contributed by atoms with Gasteiger partial charge in [-0.05, 0) is 0 Å². The molecule has 1 aromatic rings. The Morgan fingerprint density at radius 2 is 1.50 bits per heavy atom. The Labute approximate surface area is 147 Å². The number of hydrogen-bond acceptors (Lipinski definition) is 2. The maximum Gasteiger partial charge on any atom is 0.135 e. The zero-order chi connectivity index (χ0) is 16.5. The van der Waals surface area contributed by atoms with Gasteiger partial charge in [-0.1, -0.05) is 30.3 Å². The third-order valence-electron chi connectivity index (χ3n) is 6.53. The van der Waals surface area contributed by atoms with Gasteiger partial charge >= 0.3 is 0 Å². The summed E-state index contributed by atoms with van der Waals surface area (Å²) < 4.78 is 2.53. The van der Waals surface area contributed by atoms with Crippen LogP contribution in [0.15, 0.2) is 30.3 Å². The van der Waals surface area contributed by atoms with Gasteiger partial charge in [0, 0.05) is 31.5 Å². The molecule has 0 amide bonds. The summed E-state index contributed by atoms with van der Waals surface area (Å²) in [6.45, 7) is 14.2. The van der Waals surface area contributed by atoms with E-state index in [1.807, 2.05) is 0 Å². The van der Waals surface area contributed by atoms with Crippen molar-refractivity contribution in [2.45, 2.75) is 19.4 Å². The molecule has 0 spiro atoms.